The van der Waals surface area contributed by atoms with E-state index in [1.807, 2.05) is 6.07 Å². The van der Waals surface area contributed by atoms with E-state index in [-0.39, 0.29) is 5.91 Å². The van der Waals surface area contributed by atoms with Gasteiger partial charge in [-0.1, -0.05) is 20.8 Å². The molecule has 0 aromatic carbocycles. The van der Waals surface area contributed by atoms with Crippen molar-refractivity contribution in [2.45, 2.75) is 40.0 Å². The zero-order valence-electron chi connectivity index (χ0n) is 12.6. The van der Waals surface area contributed by atoms with E-state index in [1.165, 1.54) is 23.2 Å². The number of aryl methyl sites for hydroxylation is 1. The van der Waals surface area contributed by atoms with Gasteiger partial charge in [-0.25, -0.2) is 5.10 Å². The van der Waals surface area contributed by atoms with E-state index in [0.717, 1.165) is 17.7 Å². The van der Waals surface area contributed by atoms with Crippen molar-refractivity contribution in [3.8, 4) is 0 Å². The van der Waals surface area contributed by atoms with Gasteiger partial charge >= 0.3 is 0 Å². The fourth-order valence-corrected chi connectivity index (χ4v) is 3.91. The molecular formula is C15H20N4OS. The molecule has 112 valence electrons. The Morgan fingerprint density at radius 2 is 2.29 bits per heavy atom. The molecule has 0 bridgehead atoms. The Morgan fingerprint density at radius 1 is 1.48 bits per heavy atom. The molecule has 1 aliphatic rings. The smallest absolute Gasteiger partial charge is 0.268 e. The van der Waals surface area contributed by atoms with Crippen molar-refractivity contribution >= 4 is 23.2 Å². The monoisotopic (exact) mass is 304 g/mol. The van der Waals surface area contributed by atoms with Gasteiger partial charge in [0, 0.05) is 4.88 Å². The standard InChI is InChI=1S/C15H20N4OS/c1-15(2,3)10-4-5-11-9(6-10)7-12(21-11)13(20)18-14-16-8-17-19-14/h7-8,10H,4-6H2,1-3H3,(H2,16,17,18,19,20)/t10-/m0/s1. The van der Waals surface area contributed by atoms with Crippen LogP contribution in [0.2, 0.25) is 0 Å². The molecule has 1 aliphatic carbocycles. The molecular weight excluding hydrogens is 284 g/mol. The third kappa shape index (κ3) is 3.00. The first-order chi connectivity index (χ1) is 9.93. The third-order valence-corrected chi connectivity index (χ3v) is 5.41. The van der Waals surface area contributed by atoms with Crippen LogP contribution in [0, 0.1) is 11.3 Å². The lowest BCUT2D eigenvalue weighted by molar-refractivity contribution is 0.102. The van der Waals surface area contributed by atoms with Crippen LogP contribution in [0.25, 0.3) is 0 Å². The molecule has 3 rings (SSSR count). The van der Waals surface area contributed by atoms with Crippen molar-refractivity contribution in [3.05, 3.63) is 27.7 Å². The molecule has 0 saturated carbocycles. The maximum absolute atomic E-state index is 12.2. The number of carbonyl (C=O) groups is 1. The number of anilines is 1. The normalized spacial score (nSPS) is 18.3. The summed E-state index contributed by atoms with van der Waals surface area (Å²) in [7, 11) is 0. The van der Waals surface area contributed by atoms with E-state index < -0.39 is 0 Å². The first-order valence-electron chi connectivity index (χ1n) is 7.22. The van der Waals surface area contributed by atoms with E-state index in [2.05, 4.69) is 41.3 Å². The maximum atomic E-state index is 12.2. The highest BCUT2D eigenvalue weighted by Crippen LogP contribution is 2.40. The van der Waals surface area contributed by atoms with Gasteiger partial charge in [-0.2, -0.15) is 10.1 Å². The first kappa shape index (κ1) is 14.3. The molecule has 2 heterocycles. The number of rotatable bonds is 2. The number of fused-ring (bicyclic) bond motifs is 1. The summed E-state index contributed by atoms with van der Waals surface area (Å²) in [4.78, 5) is 18.2. The molecule has 0 unspecified atom stereocenters. The summed E-state index contributed by atoms with van der Waals surface area (Å²) >= 11 is 1.60. The molecule has 2 N–H and O–H groups in total. The largest absolute Gasteiger partial charge is 0.290 e. The summed E-state index contributed by atoms with van der Waals surface area (Å²) in [6, 6.07) is 2.05. The SMILES string of the molecule is CC(C)(C)[C@H]1CCc2sc(C(=O)Nc3ncn[nH]3)cc2C1. The lowest BCUT2D eigenvalue weighted by Gasteiger charge is -2.33. The van der Waals surface area contributed by atoms with E-state index in [1.54, 1.807) is 11.3 Å². The molecule has 0 radical (unpaired) electrons. The topological polar surface area (TPSA) is 70.7 Å². The number of nitrogens with one attached hydrogen (secondary N) is 2. The summed E-state index contributed by atoms with van der Waals surface area (Å²) < 4.78 is 0. The van der Waals surface area contributed by atoms with E-state index in [4.69, 9.17) is 0 Å². The fraction of sp³-hybridized carbons (Fsp3) is 0.533. The van der Waals surface area contributed by atoms with Gasteiger partial charge in [0.15, 0.2) is 0 Å². The van der Waals surface area contributed by atoms with Crippen LogP contribution in [0.4, 0.5) is 5.95 Å². The number of H-pyrrole nitrogens is 1. The molecule has 6 heteroatoms. The lowest BCUT2D eigenvalue weighted by atomic mass is 9.72. The van der Waals surface area contributed by atoms with Crippen LogP contribution in [0.3, 0.4) is 0 Å². The molecule has 2 aromatic rings. The van der Waals surface area contributed by atoms with Gasteiger partial charge < -0.3 is 0 Å². The molecule has 2 aromatic heterocycles. The number of carbonyl (C=O) groups excluding carboxylic acids is 1. The maximum Gasteiger partial charge on any atom is 0.268 e. The van der Waals surface area contributed by atoms with Crippen molar-refractivity contribution < 1.29 is 4.79 Å². The Hall–Kier alpha value is -1.69. The summed E-state index contributed by atoms with van der Waals surface area (Å²) in [6.07, 6.45) is 4.74. The predicted molar refractivity (Wildman–Crippen MR) is 83.6 cm³/mol. The van der Waals surface area contributed by atoms with Gasteiger partial charge in [0.1, 0.15) is 6.33 Å². The number of nitrogens with zero attached hydrogens (tertiary/aromatic N) is 2. The third-order valence-electron chi connectivity index (χ3n) is 4.18. The fourth-order valence-electron chi connectivity index (χ4n) is 2.81. The van der Waals surface area contributed by atoms with Crippen LogP contribution in [-0.4, -0.2) is 21.1 Å². The molecule has 1 atom stereocenters. The second-order valence-corrected chi connectivity index (χ2v) is 7.79. The minimum atomic E-state index is -0.113. The minimum Gasteiger partial charge on any atom is -0.290 e. The number of hydrogen-bond donors (Lipinski definition) is 2. The minimum absolute atomic E-state index is 0.113. The second-order valence-electron chi connectivity index (χ2n) is 6.65. The average Bonchev–Trinajstić information content (AvgIpc) is 3.04. The lowest BCUT2D eigenvalue weighted by Crippen LogP contribution is -2.26. The number of thiophene rings is 1. The highest BCUT2D eigenvalue weighted by atomic mass is 32.1. The average molecular weight is 304 g/mol. The number of hydrogen-bond acceptors (Lipinski definition) is 4. The quantitative estimate of drug-likeness (QED) is 0.894. The number of aromatic nitrogens is 3. The summed E-state index contributed by atoms with van der Waals surface area (Å²) in [5, 5.41) is 9.09. The van der Waals surface area contributed by atoms with Gasteiger partial charge in [0.25, 0.3) is 5.91 Å². The number of amides is 1. The van der Waals surface area contributed by atoms with Crippen LogP contribution < -0.4 is 5.32 Å². The Morgan fingerprint density at radius 3 is 2.95 bits per heavy atom. The molecule has 0 aliphatic heterocycles. The Labute approximate surface area is 128 Å². The highest BCUT2D eigenvalue weighted by molar-refractivity contribution is 7.14. The van der Waals surface area contributed by atoms with E-state index >= 15 is 0 Å². The van der Waals surface area contributed by atoms with E-state index in [9.17, 15) is 4.79 Å². The zero-order valence-corrected chi connectivity index (χ0v) is 13.4. The summed E-state index contributed by atoms with van der Waals surface area (Å²) in [5.74, 6) is 0.960. The molecule has 1 amide bonds. The van der Waals surface area contributed by atoms with Crippen LogP contribution in [-0.2, 0) is 12.8 Å². The van der Waals surface area contributed by atoms with Crippen LogP contribution >= 0.6 is 11.3 Å². The first-order valence-corrected chi connectivity index (χ1v) is 8.03. The Bertz CT molecular complexity index is 639. The second kappa shape index (κ2) is 5.26. The molecule has 0 spiro atoms. The molecule has 0 fully saturated rings. The van der Waals surface area contributed by atoms with Crippen molar-refractivity contribution in [3.63, 3.8) is 0 Å². The van der Waals surface area contributed by atoms with Gasteiger partial charge in [-0.3, -0.25) is 10.1 Å². The molecule has 0 saturated heterocycles. The summed E-state index contributed by atoms with van der Waals surface area (Å²) in [5.41, 5.74) is 1.66. The van der Waals surface area contributed by atoms with Gasteiger partial charge in [-0.05, 0) is 42.2 Å². The zero-order chi connectivity index (χ0) is 15.0. The van der Waals surface area contributed by atoms with Crippen LogP contribution in [0.5, 0.6) is 0 Å². The molecule has 21 heavy (non-hydrogen) atoms. The van der Waals surface area contributed by atoms with E-state index in [0.29, 0.717) is 17.3 Å². The van der Waals surface area contributed by atoms with Crippen LogP contribution in [0.1, 0.15) is 47.3 Å². The Balaban J connectivity index is 1.76. The highest BCUT2D eigenvalue weighted by Gasteiger charge is 2.30. The van der Waals surface area contributed by atoms with Crippen molar-refractivity contribution in [2.24, 2.45) is 11.3 Å². The van der Waals surface area contributed by atoms with Crippen molar-refractivity contribution in [1.29, 1.82) is 0 Å². The molecule has 5 nitrogen and oxygen atoms in total. The van der Waals surface area contributed by atoms with Gasteiger partial charge in [0.2, 0.25) is 5.95 Å². The van der Waals surface area contributed by atoms with Gasteiger partial charge in [0.05, 0.1) is 4.88 Å². The number of aromatic amines is 1. The van der Waals surface area contributed by atoms with Crippen molar-refractivity contribution in [1.82, 2.24) is 15.2 Å². The Kier molecular flexibility index (Phi) is 3.57. The van der Waals surface area contributed by atoms with Crippen molar-refractivity contribution in [2.75, 3.05) is 5.32 Å². The van der Waals surface area contributed by atoms with Gasteiger partial charge in [-0.15, -0.1) is 11.3 Å². The van der Waals surface area contributed by atoms with Crippen LogP contribution in [0.15, 0.2) is 12.4 Å². The predicted octanol–water partition coefficient (Wildman–Crippen LogP) is 3.27. The summed E-state index contributed by atoms with van der Waals surface area (Å²) in [6.45, 7) is 6.89.